The van der Waals surface area contributed by atoms with Crippen LogP contribution < -0.4 is 15.2 Å². The van der Waals surface area contributed by atoms with Crippen molar-refractivity contribution in [2.24, 2.45) is 0 Å². The van der Waals surface area contributed by atoms with E-state index in [1.165, 1.54) is 0 Å². The standard InChI is InChI=1S/C28H27N3O3S/c1-22-17-19-26(20-18-22)35(33,34)30-27(23-11-5-2-6-12-23)21-28(32)29-31(24-13-7-3-8-14-24)25-15-9-4-10-16-25/h2-20,27,30H,21H2,1H3,(H,29,32)/t27-/m0/s1. The number of rotatable bonds is 9. The molecule has 0 aliphatic heterocycles. The van der Waals surface area contributed by atoms with E-state index in [1.807, 2.05) is 97.9 Å². The Hall–Kier alpha value is -3.94. The molecule has 0 aromatic heterocycles. The van der Waals surface area contributed by atoms with Gasteiger partial charge in [0.05, 0.1) is 22.3 Å². The Labute approximate surface area is 206 Å². The molecule has 7 heteroatoms. The van der Waals surface area contributed by atoms with Gasteiger partial charge in [0, 0.05) is 6.42 Å². The van der Waals surface area contributed by atoms with Gasteiger partial charge in [-0.05, 0) is 48.9 Å². The maximum atomic E-state index is 13.3. The van der Waals surface area contributed by atoms with Crippen molar-refractivity contribution < 1.29 is 13.2 Å². The molecule has 2 N–H and O–H groups in total. The number of anilines is 2. The highest BCUT2D eigenvalue weighted by Gasteiger charge is 2.25. The molecule has 0 aliphatic rings. The Balaban J connectivity index is 1.59. The largest absolute Gasteiger partial charge is 0.273 e. The van der Waals surface area contributed by atoms with Gasteiger partial charge in [-0.25, -0.2) is 13.1 Å². The number of sulfonamides is 1. The van der Waals surface area contributed by atoms with E-state index < -0.39 is 16.1 Å². The first-order valence-corrected chi connectivity index (χ1v) is 12.7. The van der Waals surface area contributed by atoms with Gasteiger partial charge < -0.3 is 0 Å². The van der Waals surface area contributed by atoms with Gasteiger partial charge in [0.15, 0.2) is 0 Å². The molecule has 0 saturated heterocycles. The van der Waals surface area contributed by atoms with Crippen LogP contribution in [0.4, 0.5) is 11.4 Å². The van der Waals surface area contributed by atoms with Gasteiger partial charge >= 0.3 is 0 Å². The lowest BCUT2D eigenvalue weighted by molar-refractivity contribution is -0.121. The summed E-state index contributed by atoms with van der Waals surface area (Å²) in [5.74, 6) is -0.335. The molecule has 1 atom stereocenters. The minimum Gasteiger partial charge on any atom is -0.273 e. The number of hydrazine groups is 1. The van der Waals surface area contributed by atoms with Crippen LogP contribution in [0.2, 0.25) is 0 Å². The molecule has 1 amide bonds. The Morgan fingerprint density at radius 3 is 1.74 bits per heavy atom. The van der Waals surface area contributed by atoms with E-state index in [9.17, 15) is 13.2 Å². The Morgan fingerprint density at radius 2 is 1.23 bits per heavy atom. The van der Waals surface area contributed by atoms with Gasteiger partial charge in [-0.3, -0.25) is 15.2 Å². The minimum atomic E-state index is -3.85. The molecule has 6 nitrogen and oxygen atoms in total. The van der Waals surface area contributed by atoms with Crippen LogP contribution >= 0.6 is 0 Å². The fraction of sp³-hybridized carbons (Fsp3) is 0.107. The van der Waals surface area contributed by atoms with Crippen molar-refractivity contribution in [1.82, 2.24) is 10.1 Å². The summed E-state index contributed by atoms with van der Waals surface area (Å²) < 4.78 is 29.0. The number of amides is 1. The summed E-state index contributed by atoms with van der Waals surface area (Å²) in [5.41, 5.74) is 6.17. The second kappa shape index (κ2) is 11.0. The van der Waals surface area contributed by atoms with Crippen LogP contribution in [-0.2, 0) is 14.8 Å². The van der Waals surface area contributed by atoms with E-state index in [2.05, 4.69) is 10.1 Å². The molecule has 0 aliphatic carbocycles. The van der Waals surface area contributed by atoms with Crippen molar-refractivity contribution in [3.05, 3.63) is 126 Å². The molecule has 0 bridgehead atoms. The SMILES string of the molecule is Cc1ccc(S(=O)(=O)N[C@@H](CC(=O)NN(c2ccccc2)c2ccccc2)c2ccccc2)cc1. The third kappa shape index (κ3) is 6.35. The first-order valence-electron chi connectivity index (χ1n) is 11.3. The second-order valence-electron chi connectivity index (χ2n) is 8.14. The average molecular weight is 486 g/mol. The molecule has 0 fully saturated rings. The summed E-state index contributed by atoms with van der Waals surface area (Å²) in [5, 5.41) is 1.69. The Kier molecular flexibility index (Phi) is 7.60. The quantitative estimate of drug-likeness (QED) is 0.317. The smallest absolute Gasteiger partial charge is 0.241 e. The van der Waals surface area contributed by atoms with E-state index in [0.717, 1.165) is 16.9 Å². The summed E-state index contributed by atoms with van der Waals surface area (Å²) in [6.07, 6.45) is -0.0920. The molecule has 0 spiro atoms. The molecule has 4 aromatic rings. The minimum absolute atomic E-state index is 0.0920. The topological polar surface area (TPSA) is 78.5 Å². The van der Waals surface area contributed by atoms with Crippen molar-refractivity contribution in [3.8, 4) is 0 Å². The summed E-state index contributed by atoms with van der Waals surface area (Å²) in [6, 6.07) is 33.9. The van der Waals surface area contributed by atoms with Crippen LogP contribution in [0.15, 0.2) is 120 Å². The van der Waals surface area contributed by atoms with E-state index in [-0.39, 0.29) is 17.2 Å². The summed E-state index contributed by atoms with van der Waals surface area (Å²) >= 11 is 0. The first kappa shape index (κ1) is 24.2. The van der Waals surface area contributed by atoms with Crippen molar-refractivity contribution in [3.63, 3.8) is 0 Å². The second-order valence-corrected chi connectivity index (χ2v) is 9.86. The highest BCUT2D eigenvalue weighted by Crippen LogP contribution is 2.24. The zero-order valence-electron chi connectivity index (χ0n) is 19.3. The lowest BCUT2D eigenvalue weighted by Crippen LogP contribution is -2.41. The zero-order chi connectivity index (χ0) is 24.7. The molecule has 35 heavy (non-hydrogen) atoms. The normalized spacial score (nSPS) is 12.0. The van der Waals surface area contributed by atoms with Gasteiger partial charge in [-0.1, -0.05) is 84.4 Å². The highest BCUT2D eigenvalue weighted by molar-refractivity contribution is 7.89. The molecule has 4 aromatic carbocycles. The van der Waals surface area contributed by atoms with Crippen LogP contribution in [-0.4, -0.2) is 14.3 Å². The third-order valence-corrected chi connectivity index (χ3v) is 6.97. The van der Waals surface area contributed by atoms with Gasteiger partial charge in [0.25, 0.3) is 0 Å². The Morgan fingerprint density at radius 1 is 0.743 bits per heavy atom. The van der Waals surface area contributed by atoms with Crippen molar-refractivity contribution in [2.75, 3.05) is 5.01 Å². The molecule has 0 radical (unpaired) electrons. The summed E-state index contributed by atoms with van der Waals surface area (Å²) in [4.78, 5) is 13.4. The number of hydrogen-bond donors (Lipinski definition) is 2. The molecule has 0 heterocycles. The fourth-order valence-electron chi connectivity index (χ4n) is 3.67. The molecule has 0 unspecified atom stereocenters. The third-order valence-electron chi connectivity index (χ3n) is 5.49. The molecule has 4 rings (SSSR count). The maximum Gasteiger partial charge on any atom is 0.241 e. The zero-order valence-corrected chi connectivity index (χ0v) is 20.2. The number of hydrogen-bond acceptors (Lipinski definition) is 4. The monoisotopic (exact) mass is 485 g/mol. The van der Waals surface area contributed by atoms with Crippen LogP contribution in [0.25, 0.3) is 0 Å². The van der Waals surface area contributed by atoms with E-state index in [4.69, 9.17) is 0 Å². The van der Waals surface area contributed by atoms with Crippen molar-refractivity contribution >= 4 is 27.3 Å². The number of nitrogens with zero attached hydrogens (tertiary/aromatic N) is 1. The van der Waals surface area contributed by atoms with Crippen LogP contribution in [0.3, 0.4) is 0 Å². The lowest BCUT2D eigenvalue weighted by Gasteiger charge is -2.27. The van der Waals surface area contributed by atoms with Gasteiger partial charge in [0.2, 0.25) is 15.9 Å². The number of benzene rings is 4. The van der Waals surface area contributed by atoms with Gasteiger partial charge in [-0.2, -0.15) is 0 Å². The predicted molar refractivity (Wildman–Crippen MR) is 138 cm³/mol. The number of carbonyl (C=O) groups is 1. The van der Waals surface area contributed by atoms with Crippen LogP contribution in [0.5, 0.6) is 0 Å². The first-order chi connectivity index (χ1) is 16.9. The van der Waals surface area contributed by atoms with Crippen LogP contribution in [0.1, 0.15) is 23.6 Å². The van der Waals surface area contributed by atoms with Crippen molar-refractivity contribution in [2.45, 2.75) is 24.3 Å². The fourth-order valence-corrected chi connectivity index (χ4v) is 4.90. The van der Waals surface area contributed by atoms with E-state index >= 15 is 0 Å². The molecular weight excluding hydrogens is 458 g/mol. The lowest BCUT2D eigenvalue weighted by atomic mass is 10.0. The number of carbonyl (C=O) groups excluding carboxylic acids is 1. The maximum absolute atomic E-state index is 13.3. The number of para-hydroxylation sites is 2. The predicted octanol–water partition coefficient (Wildman–Crippen LogP) is 5.27. The van der Waals surface area contributed by atoms with Gasteiger partial charge in [-0.15, -0.1) is 0 Å². The summed E-state index contributed by atoms with van der Waals surface area (Å²) in [6.45, 7) is 1.90. The average Bonchev–Trinajstić information content (AvgIpc) is 2.88. The molecular formula is C28H27N3O3S. The molecule has 178 valence electrons. The van der Waals surface area contributed by atoms with E-state index in [0.29, 0.717) is 5.56 Å². The molecule has 0 saturated carbocycles. The van der Waals surface area contributed by atoms with E-state index in [1.54, 1.807) is 29.3 Å². The Bertz CT molecular complexity index is 1310. The van der Waals surface area contributed by atoms with Crippen molar-refractivity contribution in [1.29, 1.82) is 0 Å². The highest BCUT2D eigenvalue weighted by atomic mass is 32.2. The van der Waals surface area contributed by atoms with Gasteiger partial charge in [0.1, 0.15) is 0 Å². The number of aryl methyl sites for hydroxylation is 1. The summed E-state index contributed by atoms with van der Waals surface area (Å²) in [7, 11) is -3.85. The van der Waals surface area contributed by atoms with Crippen LogP contribution in [0, 0.1) is 6.92 Å². The number of nitrogens with one attached hydrogen (secondary N) is 2.